The van der Waals surface area contributed by atoms with Crippen LogP contribution in [0.3, 0.4) is 0 Å². The number of nitriles is 2. The highest BCUT2D eigenvalue weighted by molar-refractivity contribution is 5.95. The molecule has 0 spiro atoms. The van der Waals surface area contributed by atoms with Crippen LogP contribution in [0.15, 0.2) is 54.6 Å². The number of fused-ring (bicyclic) bond motifs is 1. The van der Waals surface area contributed by atoms with E-state index in [-0.39, 0.29) is 5.84 Å². The van der Waals surface area contributed by atoms with E-state index in [0.29, 0.717) is 12.4 Å². The smallest absolute Gasteiger partial charge is 0.342 e. The Kier molecular flexibility index (Phi) is 4.31. The molecule has 3 N–H and O–H groups in total. The summed E-state index contributed by atoms with van der Waals surface area (Å²) < 4.78 is 17.0. The van der Waals surface area contributed by atoms with Crippen molar-refractivity contribution in [2.24, 2.45) is 16.6 Å². The molecule has 7 nitrogen and oxygen atoms in total. The van der Waals surface area contributed by atoms with Crippen LogP contribution in [0.4, 0.5) is 0 Å². The average Bonchev–Trinajstić information content (AvgIpc) is 3.35. The predicted octanol–water partition coefficient (Wildman–Crippen LogP) is 0.781. The highest BCUT2D eigenvalue weighted by Gasteiger charge is 2.96. The number of ether oxygens (including phenoxy) is 3. The molecule has 2 aromatic rings. The van der Waals surface area contributed by atoms with Gasteiger partial charge in [-0.15, -0.1) is 0 Å². The van der Waals surface area contributed by atoms with Gasteiger partial charge < -0.3 is 14.2 Å². The topological polar surface area (TPSA) is 115 Å². The fraction of sp³-hybridized carbons (Fsp3) is 0.318. The van der Waals surface area contributed by atoms with E-state index < -0.39 is 22.7 Å². The third-order valence-corrected chi connectivity index (χ3v) is 6.02. The van der Waals surface area contributed by atoms with Crippen LogP contribution >= 0.6 is 0 Å². The van der Waals surface area contributed by atoms with Gasteiger partial charge >= 0.3 is 5.91 Å². The van der Waals surface area contributed by atoms with Crippen LogP contribution in [0.25, 0.3) is 0 Å². The molecule has 0 aromatic heterocycles. The first-order valence-corrected chi connectivity index (χ1v) is 9.16. The molecule has 0 unspecified atom stereocenters. The van der Waals surface area contributed by atoms with Crippen molar-refractivity contribution in [3.8, 4) is 17.9 Å². The minimum absolute atomic E-state index is 0.172. The van der Waals surface area contributed by atoms with Crippen LogP contribution in [0.1, 0.15) is 17.0 Å². The van der Waals surface area contributed by atoms with E-state index in [2.05, 4.69) is 17.1 Å². The zero-order valence-electron chi connectivity index (χ0n) is 16.2. The van der Waals surface area contributed by atoms with E-state index in [1.807, 2.05) is 54.6 Å². The number of benzene rings is 2. The van der Waals surface area contributed by atoms with E-state index in [1.165, 1.54) is 14.2 Å². The summed E-state index contributed by atoms with van der Waals surface area (Å²) in [6.45, 7) is 0.414. The number of methoxy groups -OCH3 is 2. The van der Waals surface area contributed by atoms with Crippen LogP contribution in [0.5, 0.6) is 5.75 Å². The minimum Gasteiger partial charge on any atom is -0.489 e. The van der Waals surface area contributed by atoms with Gasteiger partial charge in [0.05, 0.1) is 12.1 Å². The van der Waals surface area contributed by atoms with E-state index >= 15 is 0 Å². The van der Waals surface area contributed by atoms with Crippen molar-refractivity contribution >= 4 is 5.84 Å². The first-order chi connectivity index (χ1) is 14.0. The van der Waals surface area contributed by atoms with Gasteiger partial charge in [-0.2, -0.15) is 10.5 Å². The van der Waals surface area contributed by atoms with Gasteiger partial charge in [-0.25, -0.2) is 4.99 Å². The summed E-state index contributed by atoms with van der Waals surface area (Å²) in [5.74, 6) is -1.21. The van der Waals surface area contributed by atoms with Gasteiger partial charge in [-0.1, -0.05) is 42.5 Å². The maximum Gasteiger partial charge on any atom is 0.342 e. The molecule has 29 heavy (non-hydrogen) atoms. The molecule has 0 amide bonds. The van der Waals surface area contributed by atoms with E-state index in [0.717, 1.165) is 11.1 Å². The Morgan fingerprint density at radius 1 is 1.03 bits per heavy atom. The van der Waals surface area contributed by atoms with Crippen LogP contribution in [0, 0.1) is 33.5 Å². The Labute approximate surface area is 168 Å². The maximum absolute atomic E-state index is 10.1. The lowest BCUT2D eigenvalue weighted by Crippen LogP contribution is -2.90. The number of hydrogen-bond donors (Lipinski definition) is 2. The summed E-state index contributed by atoms with van der Waals surface area (Å²) >= 11 is 0. The molecule has 0 radical (unpaired) electrons. The molecule has 2 aromatic carbocycles. The summed E-state index contributed by atoms with van der Waals surface area (Å²) in [5.41, 5.74) is 5.43. The third-order valence-electron chi connectivity index (χ3n) is 6.02. The van der Waals surface area contributed by atoms with Gasteiger partial charge in [0.1, 0.15) is 12.4 Å². The standard InChI is InChI=1S/C22H20N4O3/c1-27-22(28-2)21(14-24)18(20(21,13-23)19(25)26-22)16-9-6-10-17(11-16)29-12-15-7-4-3-5-8-15/h3-11,18H,12H2,1-2H3,(H2,25,26)/p+1/t18-,20-,21-/m1/s1. The highest BCUT2D eigenvalue weighted by Crippen LogP contribution is 2.78. The number of nitrogens with zero attached hydrogens (tertiary/aromatic N) is 2. The van der Waals surface area contributed by atoms with E-state index in [1.54, 1.807) is 0 Å². The van der Waals surface area contributed by atoms with Crippen molar-refractivity contribution in [2.75, 3.05) is 14.2 Å². The fourth-order valence-electron chi connectivity index (χ4n) is 4.64. The number of nitrogens with one attached hydrogen (secondary N) is 1. The normalized spacial score (nSPS) is 28.6. The molecule has 0 saturated heterocycles. The second-order valence-electron chi connectivity index (χ2n) is 7.18. The first-order valence-electron chi connectivity index (χ1n) is 9.16. The SMILES string of the molecule is COC1(OC)[NH+]=C(N)[C@@]2(C#N)[C@@H](c3cccc(OCc4ccccc4)c3)[C@@]12C#N. The van der Waals surface area contributed by atoms with E-state index in [4.69, 9.17) is 19.9 Å². The molecule has 2 aliphatic rings. The van der Waals surface area contributed by atoms with Crippen LogP contribution in [0.2, 0.25) is 0 Å². The maximum atomic E-state index is 10.1. The molecule has 0 bridgehead atoms. The summed E-state index contributed by atoms with van der Waals surface area (Å²) in [4.78, 5) is 2.88. The average molecular weight is 389 g/mol. The molecular weight excluding hydrogens is 368 g/mol. The Bertz CT molecular complexity index is 1050. The lowest BCUT2D eigenvalue weighted by Gasteiger charge is -2.26. The largest absolute Gasteiger partial charge is 0.489 e. The Morgan fingerprint density at radius 3 is 2.38 bits per heavy atom. The molecule has 1 saturated carbocycles. The molecule has 1 aliphatic heterocycles. The van der Waals surface area contributed by atoms with Crippen molar-refractivity contribution < 1.29 is 19.2 Å². The van der Waals surface area contributed by atoms with Crippen LogP contribution in [-0.2, 0) is 16.1 Å². The van der Waals surface area contributed by atoms with Gasteiger partial charge in [-0.3, -0.25) is 5.73 Å². The van der Waals surface area contributed by atoms with Gasteiger partial charge in [0, 0.05) is 20.1 Å². The van der Waals surface area contributed by atoms with Crippen LogP contribution < -0.4 is 15.5 Å². The van der Waals surface area contributed by atoms with E-state index in [9.17, 15) is 10.5 Å². The van der Waals surface area contributed by atoms with Crippen LogP contribution in [-0.4, -0.2) is 26.0 Å². The van der Waals surface area contributed by atoms with Crippen molar-refractivity contribution in [2.45, 2.75) is 18.4 Å². The molecule has 146 valence electrons. The van der Waals surface area contributed by atoms with Crippen molar-refractivity contribution in [3.63, 3.8) is 0 Å². The Hall–Kier alpha value is -3.39. The predicted molar refractivity (Wildman–Crippen MR) is 103 cm³/mol. The summed E-state index contributed by atoms with van der Waals surface area (Å²) in [7, 11) is 2.84. The zero-order valence-corrected chi connectivity index (χ0v) is 16.2. The van der Waals surface area contributed by atoms with Gasteiger partial charge in [0.15, 0.2) is 10.8 Å². The molecule has 1 heterocycles. The third kappa shape index (κ3) is 2.26. The highest BCUT2D eigenvalue weighted by atomic mass is 16.7. The fourth-order valence-corrected chi connectivity index (χ4v) is 4.64. The van der Waals surface area contributed by atoms with Crippen molar-refractivity contribution in [1.29, 1.82) is 10.5 Å². The molecule has 7 heteroatoms. The number of rotatable bonds is 6. The molecule has 1 aliphatic carbocycles. The Morgan fingerprint density at radius 2 is 1.76 bits per heavy atom. The number of nitrogens with two attached hydrogens (primary N) is 1. The molecule has 1 fully saturated rings. The lowest BCUT2D eigenvalue weighted by molar-refractivity contribution is -0.687. The zero-order chi connectivity index (χ0) is 20.7. The lowest BCUT2D eigenvalue weighted by atomic mass is 9.93. The monoisotopic (exact) mass is 389 g/mol. The number of hydrogen-bond acceptors (Lipinski definition) is 6. The van der Waals surface area contributed by atoms with Crippen molar-refractivity contribution in [1.82, 2.24) is 0 Å². The number of amidine groups is 1. The summed E-state index contributed by atoms with van der Waals surface area (Å²) in [5, 5.41) is 20.2. The summed E-state index contributed by atoms with van der Waals surface area (Å²) in [6.07, 6.45) is 0. The second-order valence-corrected chi connectivity index (χ2v) is 7.18. The molecule has 3 atom stereocenters. The minimum atomic E-state index is -1.51. The van der Waals surface area contributed by atoms with Gasteiger partial charge in [0.2, 0.25) is 0 Å². The molecular formula is C22H21N4O3+. The quantitative estimate of drug-likeness (QED) is 0.706. The first kappa shape index (κ1) is 18.9. The van der Waals surface area contributed by atoms with Gasteiger partial charge in [0.25, 0.3) is 5.84 Å². The van der Waals surface area contributed by atoms with Gasteiger partial charge in [-0.05, 0) is 23.3 Å². The Balaban J connectivity index is 1.70. The molecule has 4 rings (SSSR count). The van der Waals surface area contributed by atoms with Crippen molar-refractivity contribution in [3.05, 3.63) is 65.7 Å². The second kappa shape index (κ2) is 6.59. The summed E-state index contributed by atoms with van der Waals surface area (Å²) in [6, 6.07) is 21.7.